The van der Waals surface area contributed by atoms with E-state index in [2.05, 4.69) is 31.8 Å². The number of H-pyrrole nitrogens is 1. The van der Waals surface area contributed by atoms with Crippen molar-refractivity contribution >= 4 is 46.3 Å². The van der Waals surface area contributed by atoms with Gasteiger partial charge in [-0.05, 0) is 54.9 Å². The molecular weight excluding hydrogens is 512 g/mol. The third kappa shape index (κ3) is 5.96. The fourth-order valence-electron chi connectivity index (χ4n) is 4.48. The van der Waals surface area contributed by atoms with Crippen molar-refractivity contribution in [2.24, 2.45) is 4.99 Å². The summed E-state index contributed by atoms with van der Waals surface area (Å²) in [6.45, 7) is 6.16. The molecule has 2 aromatic heterocycles. The number of halogens is 5. The van der Waals surface area contributed by atoms with E-state index in [1.54, 1.807) is 17.4 Å². The molecule has 6 nitrogen and oxygen atoms in total. The van der Waals surface area contributed by atoms with Gasteiger partial charge in [0.2, 0.25) is 0 Å². The summed E-state index contributed by atoms with van der Waals surface area (Å²) in [7, 11) is 1.86. The van der Waals surface area contributed by atoms with Gasteiger partial charge in [-0.1, -0.05) is 29.8 Å². The highest BCUT2D eigenvalue weighted by atomic mass is 35.5. The Morgan fingerprint density at radius 3 is 2.86 bits per heavy atom. The molecule has 2 N–H and O–H groups in total. The van der Waals surface area contributed by atoms with Gasteiger partial charge in [0.15, 0.2) is 5.69 Å². The molecule has 0 radical (unpaired) electrons. The minimum Gasteiger partial charge on any atom is -0.369 e. The predicted molar refractivity (Wildman–Crippen MR) is 140 cm³/mol. The van der Waals surface area contributed by atoms with Crippen molar-refractivity contribution in [2.45, 2.75) is 25.1 Å². The summed E-state index contributed by atoms with van der Waals surface area (Å²) < 4.78 is 39.5. The number of rotatable bonds is 9. The largest absolute Gasteiger partial charge is 0.434 e. The summed E-state index contributed by atoms with van der Waals surface area (Å²) in [5, 5.41) is 4.41. The minimum absolute atomic E-state index is 0.0665. The van der Waals surface area contributed by atoms with Crippen LogP contribution in [-0.2, 0) is 12.6 Å². The SMILES string of the molecule is C=CN(C)/C=N/CCC1c2[nH]c3ccc(Cl)cc3c2CCN1CCNc1ccc(Cl)c(C(F)(F)F)n1. The number of hydrogen-bond donors (Lipinski definition) is 2. The van der Waals surface area contributed by atoms with Crippen LogP contribution in [0.1, 0.15) is 29.4 Å². The summed E-state index contributed by atoms with van der Waals surface area (Å²) >= 11 is 11.9. The number of benzene rings is 1. The van der Waals surface area contributed by atoms with Gasteiger partial charge in [0, 0.05) is 54.8 Å². The van der Waals surface area contributed by atoms with Gasteiger partial charge in [-0.2, -0.15) is 13.2 Å². The molecule has 36 heavy (non-hydrogen) atoms. The van der Waals surface area contributed by atoms with Gasteiger partial charge in [0.05, 0.1) is 17.4 Å². The van der Waals surface area contributed by atoms with Crippen LogP contribution in [0.3, 0.4) is 0 Å². The normalized spacial score (nSPS) is 16.4. The first-order valence-corrected chi connectivity index (χ1v) is 12.3. The lowest BCUT2D eigenvalue weighted by Gasteiger charge is -2.35. The third-order valence-corrected chi connectivity index (χ3v) is 6.77. The lowest BCUT2D eigenvalue weighted by atomic mass is 9.95. The Hall–Kier alpha value is -2.75. The number of pyridine rings is 1. The zero-order valence-corrected chi connectivity index (χ0v) is 21.3. The Labute approximate surface area is 217 Å². The van der Waals surface area contributed by atoms with Crippen LogP contribution < -0.4 is 5.32 Å². The molecule has 0 spiro atoms. The Bertz CT molecular complexity index is 1260. The second-order valence-electron chi connectivity index (χ2n) is 8.62. The Morgan fingerprint density at radius 2 is 2.11 bits per heavy atom. The molecule has 0 saturated heterocycles. The molecule has 0 saturated carbocycles. The molecule has 4 rings (SSSR count). The van der Waals surface area contributed by atoms with E-state index in [0.29, 0.717) is 24.7 Å². The summed E-state index contributed by atoms with van der Waals surface area (Å²) in [4.78, 5) is 15.8. The number of alkyl halides is 3. The maximum atomic E-state index is 13.2. The quantitative estimate of drug-likeness (QED) is 0.244. The van der Waals surface area contributed by atoms with Crippen molar-refractivity contribution in [1.29, 1.82) is 0 Å². The molecular formula is C25H27Cl2F3N6. The van der Waals surface area contributed by atoms with Crippen molar-refractivity contribution < 1.29 is 13.2 Å². The van der Waals surface area contributed by atoms with Gasteiger partial charge in [0.1, 0.15) is 5.82 Å². The monoisotopic (exact) mass is 538 g/mol. The van der Waals surface area contributed by atoms with E-state index in [-0.39, 0.29) is 11.9 Å². The van der Waals surface area contributed by atoms with Crippen LogP contribution in [0.25, 0.3) is 10.9 Å². The zero-order chi connectivity index (χ0) is 25.9. The van der Waals surface area contributed by atoms with E-state index >= 15 is 0 Å². The van der Waals surface area contributed by atoms with Gasteiger partial charge in [-0.15, -0.1) is 0 Å². The second kappa shape index (κ2) is 11.1. The molecule has 1 atom stereocenters. The first kappa shape index (κ1) is 26.3. The Morgan fingerprint density at radius 1 is 1.31 bits per heavy atom. The van der Waals surface area contributed by atoms with Crippen LogP contribution in [0.15, 0.2) is 48.1 Å². The topological polar surface area (TPSA) is 59.6 Å². The van der Waals surface area contributed by atoms with E-state index < -0.39 is 16.9 Å². The van der Waals surface area contributed by atoms with Gasteiger partial charge in [0.25, 0.3) is 0 Å². The molecule has 3 aromatic rings. The Kier molecular flexibility index (Phi) is 8.12. The van der Waals surface area contributed by atoms with Gasteiger partial charge >= 0.3 is 6.18 Å². The zero-order valence-electron chi connectivity index (χ0n) is 19.7. The van der Waals surface area contributed by atoms with Gasteiger partial charge in [-0.25, -0.2) is 4.98 Å². The fraction of sp³-hybridized carbons (Fsp3) is 0.360. The molecule has 1 aliphatic rings. The van der Waals surface area contributed by atoms with Crippen molar-refractivity contribution in [3.8, 4) is 0 Å². The van der Waals surface area contributed by atoms with Gasteiger partial charge in [-0.3, -0.25) is 9.89 Å². The highest BCUT2D eigenvalue weighted by Crippen LogP contribution is 2.37. The smallest absolute Gasteiger partial charge is 0.369 e. The summed E-state index contributed by atoms with van der Waals surface area (Å²) in [5.41, 5.74) is 2.33. The highest BCUT2D eigenvalue weighted by Gasteiger charge is 2.35. The third-order valence-electron chi connectivity index (χ3n) is 6.23. The van der Waals surface area contributed by atoms with Crippen molar-refractivity contribution in [3.63, 3.8) is 0 Å². The molecule has 0 aliphatic carbocycles. The average molecular weight is 539 g/mol. The second-order valence-corrected chi connectivity index (χ2v) is 9.46. The number of nitrogens with one attached hydrogen (secondary N) is 2. The maximum Gasteiger partial charge on any atom is 0.434 e. The highest BCUT2D eigenvalue weighted by molar-refractivity contribution is 6.31. The molecule has 0 amide bonds. The first-order valence-electron chi connectivity index (χ1n) is 11.5. The minimum atomic E-state index is -4.61. The van der Waals surface area contributed by atoms with Crippen LogP contribution >= 0.6 is 23.2 Å². The lowest BCUT2D eigenvalue weighted by Crippen LogP contribution is -2.38. The van der Waals surface area contributed by atoms with Crippen molar-refractivity contribution in [3.05, 3.63) is 70.1 Å². The van der Waals surface area contributed by atoms with Crippen molar-refractivity contribution in [2.75, 3.05) is 38.5 Å². The number of aliphatic imine (C=N–C) groups is 1. The number of aromatic amines is 1. The van der Waals surface area contributed by atoms with Crippen LogP contribution in [0.4, 0.5) is 19.0 Å². The van der Waals surface area contributed by atoms with E-state index in [1.807, 2.05) is 25.2 Å². The molecule has 11 heteroatoms. The molecule has 3 heterocycles. The molecule has 1 aromatic carbocycles. The molecule has 0 fully saturated rings. The van der Waals surface area contributed by atoms with Crippen molar-refractivity contribution in [1.82, 2.24) is 19.8 Å². The Balaban J connectivity index is 1.50. The van der Waals surface area contributed by atoms with Crippen LogP contribution in [-0.4, -0.2) is 59.3 Å². The van der Waals surface area contributed by atoms with Crippen LogP contribution in [0.5, 0.6) is 0 Å². The molecule has 1 aliphatic heterocycles. The predicted octanol–water partition coefficient (Wildman–Crippen LogP) is 6.39. The van der Waals surface area contributed by atoms with Crippen LogP contribution in [0.2, 0.25) is 10.0 Å². The molecule has 0 bridgehead atoms. The van der Waals surface area contributed by atoms with Crippen LogP contribution in [0, 0.1) is 0 Å². The molecule has 1 unspecified atom stereocenters. The maximum absolute atomic E-state index is 13.2. The summed E-state index contributed by atoms with van der Waals surface area (Å²) in [6.07, 6.45) is 0.412. The van der Waals surface area contributed by atoms with E-state index in [4.69, 9.17) is 23.2 Å². The lowest BCUT2D eigenvalue weighted by molar-refractivity contribution is -0.141. The number of hydrogen-bond acceptors (Lipinski definition) is 4. The molecule has 192 valence electrons. The number of aromatic nitrogens is 2. The number of fused-ring (bicyclic) bond motifs is 3. The van der Waals surface area contributed by atoms with E-state index in [0.717, 1.165) is 36.0 Å². The number of anilines is 1. The number of nitrogens with zero attached hydrogens (tertiary/aromatic N) is 4. The van der Waals surface area contributed by atoms with E-state index in [1.165, 1.54) is 17.7 Å². The van der Waals surface area contributed by atoms with E-state index in [9.17, 15) is 13.2 Å². The first-order chi connectivity index (χ1) is 17.2. The summed E-state index contributed by atoms with van der Waals surface area (Å²) in [5.74, 6) is 0.137. The standard InChI is InChI=1S/C25H27Cl2F3N6/c1-3-35(2)15-31-10-8-21-23-17(18-14-16(26)4-6-20(18)33-23)9-12-36(21)13-11-32-22-7-5-19(27)24(34-22)25(28,29)30/h3-7,14-15,21,33H,1,8-13H2,2H3,(H,32,34)/b31-15+. The average Bonchev–Trinajstić information content (AvgIpc) is 3.20. The van der Waals surface area contributed by atoms with Gasteiger partial charge < -0.3 is 15.2 Å². The fourth-order valence-corrected chi connectivity index (χ4v) is 4.86. The summed E-state index contributed by atoms with van der Waals surface area (Å²) in [6, 6.07) is 8.57.